The SMILES string of the molecule is O=C(Nc1nc(-c2ccc3c(c2)CCCN3C(=O)C2CCCCC2)cs1)c1cccnc1. The quantitative estimate of drug-likeness (QED) is 0.589. The number of thiazole rings is 1. The van der Waals surface area contributed by atoms with Crippen LogP contribution in [0, 0.1) is 5.92 Å². The number of nitrogens with zero attached hydrogens (tertiary/aromatic N) is 3. The van der Waals surface area contributed by atoms with Gasteiger partial charge in [0.15, 0.2) is 5.13 Å². The third-order valence-corrected chi connectivity index (χ3v) is 7.12. The Balaban J connectivity index is 1.33. The van der Waals surface area contributed by atoms with Crippen molar-refractivity contribution in [2.24, 2.45) is 5.92 Å². The maximum Gasteiger partial charge on any atom is 0.259 e. The molecule has 0 saturated heterocycles. The molecule has 6 nitrogen and oxygen atoms in total. The summed E-state index contributed by atoms with van der Waals surface area (Å²) in [5.41, 5.74) is 4.59. The molecule has 1 aromatic carbocycles. The molecule has 1 fully saturated rings. The molecule has 0 spiro atoms. The van der Waals surface area contributed by atoms with Gasteiger partial charge in [0.05, 0.1) is 11.3 Å². The van der Waals surface area contributed by atoms with Crippen LogP contribution < -0.4 is 10.2 Å². The number of pyridine rings is 1. The highest BCUT2D eigenvalue weighted by Gasteiger charge is 2.29. The molecule has 164 valence electrons. The highest BCUT2D eigenvalue weighted by molar-refractivity contribution is 7.14. The number of rotatable bonds is 4. The molecule has 2 aliphatic rings. The number of amides is 2. The van der Waals surface area contributed by atoms with Gasteiger partial charge in [-0.15, -0.1) is 11.3 Å². The summed E-state index contributed by atoms with van der Waals surface area (Å²) in [5, 5.41) is 5.35. The summed E-state index contributed by atoms with van der Waals surface area (Å²) in [6.07, 6.45) is 10.8. The molecule has 5 rings (SSSR count). The molecule has 0 unspecified atom stereocenters. The third-order valence-electron chi connectivity index (χ3n) is 6.36. The van der Waals surface area contributed by atoms with Crippen molar-refractivity contribution in [3.63, 3.8) is 0 Å². The van der Waals surface area contributed by atoms with Gasteiger partial charge in [0.2, 0.25) is 5.91 Å². The van der Waals surface area contributed by atoms with Crippen LogP contribution in [-0.2, 0) is 11.2 Å². The molecule has 32 heavy (non-hydrogen) atoms. The van der Waals surface area contributed by atoms with Gasteiger partial charge in [-0.3, -0.25) is 19.9 Å². The van der Waals surface area contributed by atoms with Crippen molar-refractivity contribution >= 4 is 34.0 Å². The fraction of sp³-hybridized carbons (Fsp3) is 0.360. The van der Waals surface area contributed by atoms with Crippen molar-refractivity contribution in [1.29, 1.82) is 0 Å². The second-order valence-corrected chi connectivity index (χ2v) is 9.36. The Morgan fingerprint density at radius 2 is 1.97 bits per heavy atom. The minimum Gasteiger partial charge on any atom is -0.312 e. The zero-order valence-electron chi connectivity index (χ0n) is 17.9. The number of nitrogens with one attached hydrogen (secondary N) is 1. The average Bonchev–Trinajstić information content (AvgIpc) is 3.32. The van der Waals surface area contributed by atoms with Crippen LogP contribution in [0.25, 0.3) is 11.3 Å². The fourth-order valence-corrected chi connectivity index (χ4v) is 5.40. The average molecular weight is 447 g/mol. The molecule has 0 atom stereocenters. The summed E-state index contributed by atoms with van der Waals surface area (Å²) in [6.45, 7) is 0.808. The van der Waals surface area contributed by atoms with Crippen molar-refractivity contribution in [3.05, 3.63) is 59.2 Å². The van der Waals surface area contributed by atoms with E-state index in [2.05, 4.69) is 27.4 Å². The number of hydrogen-bond donors (Lipinski definition) is 1. The largest absolute Gasteiger partial charge is 0.312 e. The summed E-state index contributed by atoms with van der Waals surface area (Å²) in [7, 11) is 0. The second-order valence-electron chi connectivity index (χ2n) is 8.51. The van der Waals surface area contributed by atoms with E-state index in [1.165, 1.54) is 42.4 Å². The summed E-state index contributed by atoms with van der Waals surface area (Å²) >= 11 is 1.40. The van der Waals surface area contributed by atoms with Gasteiger partial charge in [0, 0.05) is 41.5 Å². The minimum absolute atomic E-state index is 0.180. The maximum absolute atomic E-state index is 13.2. The van der Waals surface area contributed by atoms with E-state index in [4.69, 9.17) is 0 Å². The molecule has 2 amide bonds. The Morgan fingerprint density at radius 1 is 1.09 bits per heavy atom. The highest BCUT2D eigenvalue weighted by atomic mass is 32.1. The lowest BCUT2D eigenvalue weighted by Gasteiger charge is -2.33. The molecule has 0 radical (unpaired) electrons. The fourth-order valence-electron chi connectivity index (χ4n) is 4.69. The van der Waals surface area contributed by atoms with Gasteiger partial charge in [-0.1, -0.05) is 25.3 Å². The molecule has 0 bridgehead atoms. The lowest BCUT2D eigenvalue weighted by atomic mass is 9.87. The predicted octanol–water partition coefficient (Wildman–Crippen LogP) is 5.32. The van der Waals surface area contributed by atoms with Crippen LogP contribution in [0.1, 0.15) is 54.4 Å². The van der Waals surface area contributed by atoms with E-state index in [-0.39, 0.29) is 11.8 Å². The minimum atomic E-state index is -0.221. The van der Waals surface area contributed by atoms with Crippen molar-refractivity contribution in [2.45, 2.75) is 44.9 Å². The molecule has 2 aromatic heterocycles. The van der Waals surface area contributed by atoms with Crippen LogP contribution >= 0.6 is 11.3 Å². The van der Waals surface area contributed by atoms with Gasteiger partial charge in [-0.2, -0.15) is 0 Å². The second kappa shape index (κ2) is 9.20. The first kappa shape index (κ1) is 20.8. The molecule has 3 aromatic rings. The Labute approximate surface area is 191 Å². The summed E-state index contributed by atoms with van der Waals surface area (Å²) in [5.74, 6) is 0.257. The van der Waals surface area contributed by atoms with E-state index in [0.29, 0.717) is 16.6 Å². The molecule has 1 aliphatic heterocycles. The number of fused-ring (bicyclic) bond motifs is 1. The third kappa shape index (κ3) is 4.30. The predicted molar refractivity (Wildman–Crippen MR) is 127 cm³/mol. The van der Waals surface area contributed by atoms with E-state index >= 15 is 0 Å². The molecule has 7 heteroatoms. The summed E-state index contributed by atoms with van der Waals surface area (Å²) in [6, 6.07) is 9.71. The number of aromatic nitrogens is 2. The van der Waals surface area contributed by atoms with Crippen molar-refractivity contribution < 1.29 is 9.59 Å². The Bertz CT molecular complexity index is 1120. The van der Waals surface area contributed by atoms with Gasteiger partial charge < -0.3 is 4.90 Å². The van der Waals surface area contributed by atoms with Crippen molar-refractivity contribution in [2.75, 3.05) is 16.8 Å². The Hall–Kier alpha value is -3.06. The van der Waals surface area contributed by atoms with E-state index in [1.54, 1.807) is 18.3 Å². The molecule has 1 aliphatic carbocycles. The molecule has 1 N–H and O–H groups in total. The zero-order chi connectivity index (χ0) is 21.9. The van der Waals surface area contributed by atoms with Gasteiger partial charge in [0.25, 0.3) is 5.91 Å². The number of hydrogen-bond acceptors (Lipinski definition) is 5. The number of carbonyl (C=O) groups is 2. The molecular weight excluding hydrogens is 420 g/mol. The first-order chi connectivity index (χ1) is 15.7. The van der Waals surface area contributed by atoms with E-state index in [0.717, 1.165) is 49.2 Å². The standard InChI is InChI=1S/C25H26N4O2S/c30-23(20-8-4-12-26-15-20)28-25-27-21(16-32-25)18-10-11-22-19(14-18)9-5-13-29(22)24(31)17-6-2-1-3-7-17/h4,8,10-12,14-17H,1-3,5-7,9,13H2,(H,27,28,30). The van der Waals surface area contributed by atoms with Gasteiger partial charge in [-0.25, -0.2) is 4.98 Å². The Morgan fingerprint density at radius 3 is 2.78 bits per heavy atom. The topological polar surface area (TPSA) is 75.2 Å². The van der Waals surface area contributed by atoms with Crippen LogP contribution in [0.5, 0.6) is 0 Å². The maximum atomic E-state index is 13.2. The molecular formula is C25H26N4O2S. The monoisotopic (exact) mass is 446 g/mol. The smallest absolute Gasteiger partial charge is 0.259 e. The van der Waals surface area contributed by atoms with Crippen LogP contribution in [0.15, 0.2) is 48.1 Å². The lowest BCUT2D eigenvalue weighted by molar-refractivity contribution is -0.123. The highest BCUT2D eigenvalue weighted by Crippen LogP contribution is 2.35. The van der Waals surface area contributed by atoms with E-state index < -0.39 is 0 Å². The first-order valence-corrected chi connectivity index (χ1v) is 12.2. The Kier molecular flexibility index (Phi) is 5.99. The lowest BCUT2D eigenvalue weighted by Crippen LogP contribution is -2.40. The summed E-state index contributed by atoms with van der Waals surface area (Å²) in [4.78, 5) is 36.1. The normalized spacial score (nSPS) is 16.4. The number of carbonyl (C=O) groups excluding carboxylic acids is 2. The van der Waals surface area contributed by atoms with E-state index in [1.807, 2.05) is 16.3 Å². The number of anilines is 2. The first-order valence-electron chi connectivity index (χ1n) is 11.3. The van der Waals surface area contributed by atoms with Gasteiger partial charge in [-0.05, 0) is 55.5 Å². The molecule has 1 saturated carbocycles. The number of benzene rings is 1. The van der Waals surface area contributed by atoms with Crippen LogP contribution in [-0.4, -0.2) is 28.3 Å². The van der Waals surface area contributed by atoms with Crippen molar-refractivity contribution in [1.82, 2.24) is 9.97 Å². The van der Waals surface area contributed by atoms with E-state index in [9.17, 15) is 9.59 Å². The summed E-state index contributed by atoms with van der Waals surface area (Å²) < 4.78 is 0. The number of aryl methyl sites for hydroxylation is 1. The van der Waals surface area contributed by atoms with Crippen molar-refractivity contribution in [3.8, 4) is 11.3 Å². The molecule has 3 heterocycles. The zero-order valence-corrected chi connectivity index (χ0v) is 18.7. The van der Waals surface area contributed by atoms with Crippen LogP contribution in [0.4, 0.5) is 10.8 Å². The van der Waals surface area contributed by atoms with Crippen LogP contribution in [0.2, 0.25) is 0 Å². The van der Waals surface area contributed by atoms with Gasteiger partial charge in [0.1, 0.15) is 0 Å². The van der Waals surface area contributed by atoms with Crippen LogP contribution in [0.3, 0.4) is 0 Å². The van der Waals surface area contributed by atoms with Gasteiger partial charge >= 0.3 is 0 Å².